The summed E-state index contributed by atoms with van der Waals surface area (Å²) in [5, 5.41) is 4.34. The Kier molecular flexibility index (Phi) is 3.37. The lowest BCUT2D eigenvalue weighted by Gasteiger charge is -2.10. The molecule has 16 heavy (non-hydrogen) atoms. The molecular formula is C13H17N3. The lowest BCUT2D eigenvalue weighted by Crippen LogP contribution is -2.11. The van der Waals surface area contributed by atoms with Crippen LogP contribution in [0.2, 0.25) is 0 Å². The zero-order chi connectivity index (χ0) is 11.4. The maximum absolute atomic E-state index is 6.12. The molecule has 0 radical (unpaired) electrons. The highest BCUT2D eigenvalue weighted by Gasteiger charge is 2.06. The molecular weight excluding hydrogens is 198 g/mol. The second-order valence-corrected chi connectivity index (χ2v) is 4.04. The summed E-state index contributed by atoms with van der Waals surface area (Å²) in [6, 6.07) is 12.3. The van der Waals surface area contributed by atoms with E-state index in [1.54, 1.807) is 0 Å². The minimum atomic E-state index is 0.100. The van der Waals surface area contributed by atoms with E-state index in [0.717, 1.165) is 18.5 Å². The van der Waals surface area contributed by atoms with Gasteiger partial charge in [0.05, 0.1) is 5.69 Å². The number of hydrogen-bond donors (Lipinski definition) is 1. The first kappa shape index (κ1) is 10.9. The molecule has 0 bridgehead atoms. The molecule has 1 heterocycles. The first-order chi connectivity index (χ1) is 7.75. The summed E-state index contributed by atoms with van der Waals surface area (Å²) in [5.74, 6) is 0. The van der Waals surface area contributed by atoms with Crippen LogP contribution in [0.15, 0.2) is 42.6 Å². The summed E-state index contributed by atoms with van der Waals surface area (Å²) in [4.78, 5) is 0. The molecule has 0 saturated heterocycles. The molecule has 0 aliphatic rings. The van der Waals surface area contributed by atoms with E-state index in [2.05, 4.69) is 17.2 Å². The molecule has 0 aliphatic carbocycles. The number of nitrogens with two attached hydrogens (primary N) is 1. The van der Waals surface area contributed by atoms with Gasteiger partial charge < -0.3 is 5.73 Å². The van der Waals surface area contributed by atoms with Crippen molar-refractivity contribution in [1.82, 2.24) is 9.78 Å². The van der Waals surface area contributed by atoms with Crippen LogP contribution >= 0.6 is 0 Å². The molecule has 3 nitrogen and oxygen atoms in total. The molecule has 2 aromatic rings. The van der Waals surface area contributed by atoms with E-state index in [-0.39, 0.29) is 6.04 Å². The standard InChI is InChI=1S/C13H17N3/c1-16-10-9-12(15-16)7-8-13(14)11-5-3-2-4-6-11/h2-6,9-10,13H,7-8,14H2,1H3. The Bertz CT molecular complexity index is 433. The van der Waals surface area contributed by atoms with Gasteiger partial charge in [0.1, 0.15) is 0 Å². The summed E-state index contributed by atoms with van der Waals surface area (Å²) >= 11 is 0. The van der Waals surface area contributed by atoms with E-state index in [1.165, 1.54) is 5.56 Å². The van der Waals surface area contributed by atoms with Crippen molar-refractivity contribution in [2.24, 2.45) is 12.8 Å². The molecule has 2 rings (SSSR count). The minimum absolute atomic E-state index is 0.100. The summed E-state index contributed by atoms with van der Waals surface area (Å²) in [5.41, 5.74) is 8.41. The third-order valence-electron chi connectivity index (χ3n) is 2.71. The van der Waals surface area contributed by atoms with Gasteiger partial charge in [-0.1, -0.05) is 30.3 Å². The lowest BCUT2D eigenvalue weighted by molar-refractivity contribution is 0.633. The van der Waals surface area contributed by atoms with Crippen molar-refractivity contribution in [3.8, 4) is 0 Å². The van der Waals surface area contributed by atoms with Crippen LogP contribution in [0.5, 0.6) is 0 Å². The van der Waals surface area contributed by atoms with Gasteiger partial charge in [0.2, 0.25) is 0 Å². The predicted molar refractivity (Wildman–Crippen MR) is 64.9 cm³/mol. The second-order valence-electron chi connectivity index (χ2n) is 4.04. The first-order valence-electron chi connectivity index (χ1n) is 5.55. The SMILES string of the molecule is Cn1ccc(CCC(N)c2ccccc2)n1. The van der Waals surface area contributed by atoms with E-state index in [9.17, 15) is 0 Å². The highest BCUT2D eigenvalue weighted by Crippen LogP contribution is 2.15. The van der Waals surface area contributed by atoms with Gasteiger partial charge in [0.25, 0.3) is 0 Å². The number of nitrogens with zero attached hydrogens (tertiary/aromatic N) is 2. The van der Waals surface area contributed by atoms with Crippen molar-refractivity contribution < 1.29 is 0 Å². The fourth-order valence-corrected chi connectivity index (χ4v) is 1.77. The highest BCUT2D eigenvalue weighted by molar-refractivity contribution is 5.18. The fraction of sp³-hybridized carbons (Fsp3) is 0.308. The zero-order valence-corrected chi connectivity index (χ0v) is 9.50. The number of rotatable bonds is 4. The number of benzene rings is 1. The Balaban J connectivity index is 1.91. The van der Waals surface area contributed by atoms with Crippen LogP contribution in [0.1, 0.15) is 23.7 Å². The molecule has 0 spiro atoms. The third-order valence-corrected chi connectivity index (χ3v) is 2.71. The topological polar surface area (TPSA) is 43.8 Å². The molecule has 1 aromatic heterocycles. The largest absolute Gasteiger partial charge is 0.324 e. The second kappa shape index (κ2) is 4.94. The number of aromatic nitrogens is 2. The van der Waals surface area contributed by atoms with Crippen LogP contribution in [-0.4, -0.2) is 9.78 Å². The maximum Gasteiger partial charge on any atom is 0.0625 e. The van der Waals surface area contributed by atoms with Crippen molar-refractivity contribution in [1.29, 1.82) is 0 Å². The summed E-state index contributed by atoms with van der Waals surface area (Å²) in [6.07, 6.45) is 3.82. The Hall–Kier alpha value is -1.61. The zero-order valence-electron chi connectivity index (χ0n) is 9.50. The summed E-state index contributed by atoms with van der Waals surface area (Å²) in [6.45, 7) is 0. The Morgan fingerprint density at radius 3 is 2.62 bits per heavy atom. The average molecular weight is 215 g/mol. The van der Waals surface area contributed by atoms with E-state index in [4.69, 9.17) is 5.73 Å². The van der Waals surface area contributed by atoms with Gasteiger partial charge in [0, 0.05) is 19.3 Å². The molecule has 3 heteroatoms. The normalized spacial score (nSPS) is 12.6. The monoisotopic (exact) mass is 215 g/mol. The van der Waals surface area contributed by atoms with Crippen molar-refractivity contribution in [2.75, 3.05) is 0 Å². The number of hydrogen-bond acceptors (Lipinski definition) is 2. The van der Waals surface area contributed by atoms with Crippen molar-refractivity contribution in [2.45, 2.75) is 18.9 Å². The highest BCUT2D eigenvalue weighted by atomic mass is 15.2. The van der Waals surface area contributed by atoms with Gasteiger partial charge in [-0.3, -0.25) is 4.68 Å². The van der Waals surface area contributed by atoms with Crippen molar-refractivity contribution in [3.63, 3.8) is 0 Å². The molecule has 0 fully saturated rings. The van der Waals surface area contributed by atoms with Crippen molar-refractivity contribution in [3.05, 3.63) is 53.9 Å². The van der Waals surface area contributed by atoms with Gasteiger partial charge >= 0.3 is 0 Å². The molecule has 84 valence electrons. The molecule has 0 saturated carbocycles. The van der Waals surface area contributed by atoms with Crippen LogP contribution in [0.4, 0.5) is 0 Å². The first-order valence-corrected chi connectivity index (χ1v) is 5.55. The van der Waals surface area contributed by atoms with E-state index in [0.29, 0.717) is 0 Å². The van der Waals surface area contributed by atoms with Crippen LogP contribution in [0, 0.1) is 0 Å². The fourth-order valence-electron chi connectivity index (χ4n) is 1.77. The predicted octanol–water partition coefficient (Wildman–Crippen LogP) is 2.05. The van der Waals surface area contributed by atoms with Crippen LogP contribution in [0.25, 0.3) is 0 Å². The molecule has 1 atom stereocenters. The van der Waals surface area contributed by atoms with E-state index < -0.39 is 0 Å². The van der Waals surface area contributed by atoms with Crippen molar-refractivity contribution >= 4 is 0 Å². The maximum atomic E-state index is 6.12. The Morgan fingerprint density at radius 1 is 1.25 bits per heavy atom. The van der Waals surface area contributed by atoms with Crippen LogP contribution in [0.3, 0.4) is 0 Å². The lowest BCUT2D eigenvalue weighted by atomic mass is 10.0. The Labute approximate surface area is 95.9 Å². The quantitative estimate of drug-likeness (QED) is 0.848. The van der Waals surface area contributed by atoms with Gasteiger partial charge in [-0.05, 0) is 24.5 Å². The molecule has 2 N–H and O–H groups in total. The van der Waals surface area contributed by atoms with Gasteiger partial charge in [-0.2, -0.15) is 5.10 Å². The summed E-state index contributed by atoms with van der Waals surface area (Å²) < 4.78 is 1.82. The van der Waals surface area contributed by atoms with Gasteiger partial charge in [-0.15, -0.1) is 0 Å². The molecule has 1 aromatic carbocycles. The van der Waals surface area contributed by atoms with E-state index in [1.807, 2.05) is 42.2 Å². The molecule has 0 aliphatic heterocycles. The average Bonchev–Trinajstić information content (AvgIpc) is 2.73. The van der Waals surface area contributed by atoms with Crippen LogP contribution < -0.4 is 5.73 Å². The van der Waals surface area contributed by atoms with Gasteiger partial charge in [-0.25, -0.2) is 0 Å². The van der Waals surface area contributed by atoms with Gasteiger partial charge in [0.15, 0.2) is 0 Å². The molecule has 0 amide bonds. The number of aryl methyl sites for hydroxylation is 2. The minimum Gasteiger partial charge on any atom is -0.324 e. The third kappa shape index (κ3) is 2.70. The summed E-state index contributed by atoms with van der Waals surface area (Å²) in [7, 11) is 1.93. The Morgan fingerprint density at radius 2 is 2.00 bits per heavy atom. The van der Waals surface area contributed by atoms with E-state index >= 15 is 0 Å². The molecule has 1 unspecified atom stereocenters. The smallest absolute Gasteiger partial charge is 0.0625 e. The van der Waals surface area contributed by atoms with Crippen LogP contribution in [-0.2, 0) is 13.5 Å².